The average Bonchev–Trinajstić information content (AvgIpc) is 4.10. The number of nitrogens with zero attached hydrogens (tertiary/aromatic N) is 5. The minimum atomic E-state index is -0.693. The minimum Gasteiger partial charge on any atom is -0.453 e. The molecule has 312 valence electrons. The van der Waals surface area contributed by atoms with Crippen molar-refractivity contribution in [3.63, 3.8) is 0 Å². The summed E-state index contributed by atoms with van der Waals surface area (Å²) < 4.78 is 9.41. The third-order valence-corrected chi connectivity index (χ3v) is 13.1. The summed E-state index contributed by atoms with van der Waals surface area (Å²) >= 11 is 0. The molecule has 5 atom stereocenters. The molecule has 5 aromatic rings. The Morgan fingerprint density at radius 2 is 1.57 bits per heavy atom. The Balaban J connectivity index is 0.942. The third-order valence-electron chi connectivity index (χ3n) is 13.1. The van der Waals surface area contributed by atoms with E-state index in [1.807, 2.05) is 24.9 Å². The second kappa shape index (κ2) is 16.1. The molecule has 1 saturated carbocycles. The van der Waals surface area contributed by atoms with Crippen molar-refractivity contribution in [2.75, 3.05) is 33.9 Å². The quantitative estimate of drug-likeness (QED) is 0.118. The standard InChI is InChI=1S/C45H51N9O6/c1-24(2)40(52-45(58)60-4)43(56)54-18-6-7-36(54)41-47-22-35(51-41)27-11-15-32(46-21-27)30-14-13-28(31-19-25-9-12-29(25)39(30)31)26-10-16-33-34(20-26)50-42(49-33)37-8-5-17-53(37)38(55)23-48-44(57)59-3/h10-11,13-16,20-22,24-25,29,36-37,40H,5-9,12,17-19,23H2,1-4H3,(H,47,51)(H,48,57)(H,49,50)(H,52,58)/t25?,29?,36-,37-,40-/m0/s1. The highest BCUT2D eigenvalue weighted by Gasteiger charge is 2.42. The van der Waals surface area contributed by atoms with Crippen LogP contribution in [-0.2, 0) is 25.5 Å². The number of H-pyrrole nitrogens is 2. The van der Waals surface area contributed by atoms with Crippen LogP contribution in [0.15, 0.2) is 54.9 Å². The lowest BCUT2D eigenvalue weighted by Crippen LogP contribution is -2.51. The van der Waals surface area contributed by atoms with E-state index in [1.165, 1.54) is 49.3 Å². The van der Waals surface area contributed by atoms with E-state index in [1.54, 1.807) is 11.1 Å². The number of methoxy groups -OCH3 is 2. The number of carbonyl (C=O) groups is 4. The van der Waals surface area contributed by atoms with Gasteiger partial charge in [0.15, 0.2) is 0 Å². The van der Waals surface area contributed by atoms with Crippen molar-refractivity contribution in [2.45, 2.75) is 82.8 Å². The van der Waals surface area contributed by atoms with Gasteiger partial charge in [-0.05, 0) is 109 Å². The molecular formula is C45H51N9O6. The van der Waals surface area contributed by atoms with E-state index in [0.29, 0.717) is 24.9 Å². The summed E-state index contributed by atoms with van der Waals surface area (Å²) in [5.74, 6) is 2.22. The Hall–Kier alpha value is -6.25. The van der Waals surface area contributed by atoms with Crippen molar-refractivity contribution < 1.29 is 28.7 Å². The predicted octanol–water partition coefficient (Wildman–Crippen LogP) is 6.80. The Labute approximate surface area is 348 Å². The number of rotatable bonds is 10. The van der Waals surface area contributed by atoms with Gasteiger partial charge in [0.25, 0.3) is 0 Å². The molecule has 60 heavy (non-hydrogen) atoms. The number of hydrogen-bond acceptors (Lipinski definition) is 9. The van der Waals surface area contributed by atoms with Gasteiger partial charge in [-0.15, -0.1) is 0 Å². The summed E-state index contributed by atoms with van der Waals surface area (Å²) in [7, 11) is 2.57. The summed E-state index contributed by atoms with van der Waals surface area (Å²) in [6.07, 6.45) is 9.17. The van der Waals surface area contributed by atoms with Gasteiger partial charge in [-0.2, -0.15) is 0 Å². The molecule has 2 aliphatic carbocycles. The van der Waals surface area contributed by atoms with Gasteiger partial charge >= 0.3 is 12.2 Å². The summed E-state index contributed by atoms with van der Waals surface area (Å²) in [6.45, 7) is 4.90. The first kappa shape index (κ1) is 39.2. The lowest BCUT2D eigenvalue weighted by atomic mass is 9.73. The van der Waals surface area contributed by atoms with Crippen LogP contribution in [0.25, 0.3) is 44.7 Å². The fourth-order valence-corrected chi connectivity index (χ4v) is 9.84. The van der Waals surface area contributed by atoms with Crippen LogP contribution in [-0.4, -0.2) is 98.6 Å². The fraction of sp³-hybridized carbons (Fsp3) is 0.444. The van der Waals surface area contributed by atoms with Crippen LogP contribution in [0.3, 0.4) is 0 Å². The number of amides is 4. The second-order valence-corrected chi connectivity index (χ2v) is 16.8. The molecule has 2 unspecified atom stereocenters. The lowest BCUT2D eigenvalue weighted by Gasteiger charge is -2.31. The average molecular weight is 814 g/mol. The number of ether oxygens (including phenoxy) is 2. The molecule has 15 heteroatoms. The summed E-state index contributed by atoms with van der Waals surface area (Å²) in [5, 5.41) is 5.21. The van der Waals surface area contributed by atoms with Crippen LogP contribution in [0, 0.1) is 11.8 Å². The van der Waals surface area contributed by atoms with E-state index in [-0.39, 0.29) is 36.4 Å². The molecule has 0 spiro atoms. The first-order chi connectivity index (χ1) is 29.1. The predicted molar refractivity (Wildman–Crippen MR) is 223 cm³/mol. The van der Waals surface area contributed by atoms with Gasteiger partial charge in [-0.3, -0.25) is 14.6 Å². The molecule has 4 N–H and O–H groups in total. The van der Waals surface area contributed by atoms with Crippen molar-refractivity contribution in [3.8, 4) is 33.6 Å². The number of aromatic amines is 2. The minimum absolute atomic E-state index is 0.109. The molecule has 5 heterocycles. The van der Waals surface area contributed by atoms with Crippen molar-refractivity contribution in [3.05, 3.63) is 77.6 Å². The van der Waals surface area contributed by atoms with E-state index in [4.69, 9.17) is 19.7 Å². The highest BCUT2D eigenvalue weighted by atomic mass is 16.5. The number of alkyl carbamates (subject to hydrolysis) is 2. The van der Waals surface area contributed by atoms with Crippen LogP contribution in [0.5, 0.6) is 0 Å². The molecule has 3 fully saturated rings. The molecule has 4 aliphatic rings. The smallest absolute Gasteiger partial charge is 0.407 e. The molecule has 15 nitrogen and oxygen atoms in total. The zero-order valence-electron chi connectivity index (χ0n) is 34.4. The van der Waals surface area contributed by atoms with Crippen LogP contribution >= 0.6 is 0 Å². The van der Waals surface area contributed by atoms with E-state index in [9.17, 15) is 19.2 Å². The summed E-state index contributed by atoms with van der Waals surface area (Å²) in [6, 6.07) is 13.9. The lowest BCUT2D eigenvalue weighted by molar-refractivity contribution is -0.135. The van der Waals surface area contributed by atoms with E-state index in [2.05, 4.69) is 67.8 Å². The number of fused-ring (bicyclic) bond motifs is 4. The van der Waals surface area contributed by atoms with Crippen molar-refractivity contribution in [1.29, 1.82) is 0 Å². The van der Waals surface area contributed by atoms with Crippen LogP contribution in [0.1, 0.15) is 93.1 Å². The maximum Gasteiger partial charge on any atom is 0.407 e. The van der Waals surface area contributed by atoms with E-state index >= 15 is 0 Å². The van der Waals surface area contributed by atoms with Gasteiger partial charge in [-0.25, -0.2) is 19.6 Å². The highest BCUT2D eigenvalue weighted by Crippen LogP contribution is 2.56. The summed E-state index contributed by atoms with van der Waals surface area (Å²) in [4.78, 5) is 75.5. The Kier molecular flexibility index (Phi) is 10.5. The van der Waals surface area contributed by atoms with Gasteiger partial charge in [0.2, 0.25) is 11.8 Å². The van der Waals surface area contributed by atoms with Gasteiger partial charge in [0, 0.05) is 30.4 Å². The van der Waals surface area contributed by atoms with E-state index < -0.39 is 18.2 Å². The van der Waals surface area contributed by atoms with Crippen molar-refractivity contribution in [2.24, 2.45) is 11.8 Å². The molecule has 0 radical (unpaired) electrons. The van der Waals surface area contributed by atoms with Gasteiger partial charge in [0.1, 0.15) is 24.2 Å². The zero-order valence-corrected chi connectivity index (χ0v) is 34.4. The molecule has 2 aromatic carbocycles. The fourth-order valence-electron chi connectivity index (χ4n) is 9.84. The van der Waals surface area contributed by atoms with Gasteiger partial charge in [-0.1, -0.05) is 32.0 Å². The highest BCUT2D eigenvalue weighted by molar-refractivity contribution is 5.87. The number of imidazole rings is 2. The molecule has 2 aliphatic heterocycles. The molecule has 3 aromatic heterocycles. The second-order valence-electron chi connectivity index (χ2n) is 16.8. The third kappa shape index (κ3) is 7.13. The number of aromatic nitrogens is 5. The first-order valence-corrected chi connectivity index (χ1v) is 21.1. The number of pyridine rings is 1. The summed E-state index contributed by atoms with van der Waals surface area (Å²) in [5.41, 5.74) is 10.8. The topological polar surface area (TPSA) is 188 Å². The molecule has 9 rings (SSSR count). The molecule has 2 saturated heterocycles. The van der Waals surface area contributed by atoms with Crippen LogP contribution in [0.4, 0.5) is 9.59 Å². The Bertz CT molecular complexity index is 2460. The maximum absolute atomic E-state index is 13.6. The van der Waals surface area contributed by atoms with Gasteiger partial charge in [0.05, 0.1) is 54.9 Å². The van der Waals surface area contributed by atoms with Crippen LogP contribution < -0.4 is 10.6 Å². The van der Waals surface area contributed by atoms with Crippen molar-refractivity contribution in [1.82, 2.24) is 45.4 Å². The van der Waals surface area contributed by atoms with E-state index in [0.717, 1.165) is 77.3 Å². The SMILES string of the molecule is COC(=O)NCC(=O)N1CCC[C@H]1c1nc2ccc(-c3ccc(-c4ccc(-c5cnc([C@@H]6CCCN6C(=O)[C@@H](NC(=O)OC)C(C)C)[nH]5)cn4)c4c3CC3CCC43)cc2[nH]1. The first-order valence-electron chi connectivity index (χ1n) is 21.1. The molecule has 0 bridgehead atoms. The number of benzene rings is 2. The Morgan fingerprint density at radius 1 is 0.817 bits per heavy atom. The monoisotopic (exact) mass is 813 g/mol. The van der Waals surface area contributed by atoms with Crippen LogP contribution in [0.2, 0.25) is 0 Å². The maximum atomic E-state index is 13.6. The molecule has 4 amide bonds. The van der Waals surface area contributed by atoms with Crippen molar-refractivity contribution >= 4 is 35.0 Å². The van der Waals surface area contributed by atoms with Gasteiger partial charge < -0.3 is 39.9 Å². The number of carbonyl (C=O) groups excluding carboxylic acids is 4. The number of likely N-dealkylation sites (tertiary alicyclic amines) is 2. The molecular weight excluding hydrogens is 763 g/mol. The number of nitrogens with one attached hydrogen (secondary N) is 4. The normalized spacial score (nSPS) is 21.1. The Morgan fingerprint density at radius 3 is 2.28 bits per heavy atom. The largest absolute Gasteiger partial charge is 0.453 e. The number of hydrogen-bond donors (Lipinski definition) is 4. The zero-order chi connectivity index (χ0) is 41.7.